The summed E-state index contributed by atoms with van der Waals surface area (Å²) >= 11 is 2.73. The molecule has 0 bridgehead atoms. The lowest BCUT2D eigenvalue weighted by Crippen LogP contribution is -2.34. The number of nitrogens with one attached hydrogen (secondary N) is 2. The second kappa shape index (κ2) is 11.7. The first-order chi connectivity index (χ1) is 17.6. The fourth-order valence-electron chi connectivity index (χ4n) is 4.95. The smallest absolute Gasteiger partial charge is 0.272 e. The lowest BCUT2D eigenvalue weighted by Gasteiger charge is -2.14. The molecule has 192 valence electrons. The first-order valence-electron chi connectivity index (χ1n) is 12.8. The molecule has 0 radical (unpaired) electrons. The van der Waals surface area contributed by atoms with Crippen LogP contribution in [0.2, 0.25) is 0 Å². The lowest BCUT2D eigenvalue weighted by atomic mass is 10.2. The third-order valence-electron chi connectivity index (χ3n) is 6.84. The summed E-state index contributed by atoms with van der Waals surface area (Å²) in [6, 6.07) is 8.12. The van der Waals surface area contributed by atoms with Crippen molar-refractivity contribution in [2.24, 2.45) is 0 Å². The average molecular weight is 529 g/mol. The molecule has 2 amide bonds. The van der Waals surface area contributed by atoms with Gasteiger partial charge in [-0.1, -0.05) is 42.8 Å². The van der Waals surface area contributed by atoms with Crippen molar-refractivity contribution in [1.82, 2.24) is 20.2 Å². The molecule has 2 fully saturated rings. The minimum Gasteiger partial charge on any atom is -0.376 e. The highest BCUT2D eigenvalue weighted by molar-refractivity contribution is 7.99. The molecule has 2 N–H and O–H groups in total. The predicted octanol–water partition coefficient (Wildman–Crippen LogP) is 3.84. The SMILES string of the molecule is O=C(CCCn1c(SCC(=O)NC2CCCC2)nc2c(sc3ccccc32)c1=O)NC[C@@H]1CCCO1. The van der Waals surface area contributed by atoms with Gasteiger partial charge in [-0.05, 0) is 38.2 Å². The van der Waals surface area contributed by atoms with Crippen molar-refractivity contribution < 1.29 is 14.3 Å². The molecule has 1 aromatic carbocycles. The summed E-state index contributed by atoms with van der Waals surface area (Å²) in [5.41, 5.74) is 0.574. The Balaban J connectivity index is 1.30. The molecule has 2 aliphatic rings. The molecule has 0 spiro atoms. The van der Waals surface area contributed by atoms with E-state index in [1.54, 1.807) is 4.57 Å². The van der Waals surface area contributed by atoms with Crippen molar-refractivity contribution >= 4 is 55.2 Å². The normalized spacial score (nSPS) is 18.3. The Bertz CT molecular complexity index is 1290. The zero-order valence-corrected chi connectivity index (χ0v) is 21.9. The molecule has 3 aromatic rings. The molecular weight excluding hydrogens is 496 g/mol. The number of ether oxygens (including phenoxy) is 1. The molecule has 1 saturated carbocycles. The third-order valence-corrected chi connectivity index (χ3v) is 8.96. The molecule has 3 heterocycles. The van der Waals surface area contributed by atoms with Gasteiger partial charge in [0.2, 0.25) is 11.8 Å². The van der Waals surface area contributed by atoms with Crippen molar-refractivity contribution in [3.05, 3.63) is 34.6 Å². The van der Waals surface area contributed by atoms with E-state index in [1.165, 1.54) is 23.1 Å². The Kier molecular flexibility index (Phi) is 8.23. The van der Waals surface area contributed by atoms with Gasteiger partial charge in [-0.15, -0.1) is 11.3 Å². The third kappa shape index (κ3) is 5.92. The molecule has 10 heteroatoms. The monoisotopic (exact) mass is 528 g/mol. The van der Waals surface area contributed by atoms with E-state index in [0.29, 0.717) is 41.3 Å². The fourth-order valence-corrected chi connectivity index (χ4v) is 6.87. The number of nitrogens with zero attached hydrogens (tertiary/aromatic N) is 2. The largest absolute Gasteiger partial charge is 0.376 e. The van der Waals surface area contributed by atoms with Gasteiger partial charge in [-0.25, -0.2) is 4.98 Å². The van der Waals surface area contributed by atoms with Gasteiger partial charge < -0.3 is 15.4 Å². The van der Waals surface area contributed by atoms with Crippen LogP contribution in [-0.2, 0) is 20.9 Å². The second-order valence-corrected chi connectivity index (χ2v) is 11.5. The van der Waals surface area contributed by atoms with E-state index in [2.05, 4.69) is 10.6 Å². The maximum Gasteiger partial charge on any atom is 0.272 e. The summed E-state index contributed by atoms with van der Waals surface area (Å²) < 4.78 is 8.82. The minimum absolute atomic E-state index is 0.0310. The van der Waals surface area contributed by atoms with Crippen LogP contribution in [0.15, 0.2) is 34.2 Å². The van der Waals surface area contributed by atoms with E-state index in [4.69, 9.17) is 9.72 Å². The van der Waals surface area contributed by atoms with Crippen LogP contribution in [-0.4, -0.2) is 52.4 Å². The molecule has 36 heavy (non-hydrogen) atoms. The topological polar surface area (TPSA) is 102 Å². The van der Waals surface area contributed by atoms with E-state index in [9.17, 15) is 14.4 Å². The zero-order chi connectivity index (χ0) is 24.9. The summed E-state index contributed by atoms with van der Waals surface area (Å²) in [5, 5.41) is 7.52. The Hall–Kier alpha value is -2.43. The van der Waals surface area contributed by atoms with Crippen LogP contribution in [0.25, 0.3) is 20.3 Å². The van der Waals surface area contributed by atoms with Gasteiger partial charge in [0.15, 0.2) is 5.16 Å². The molecule has 1 aliphatic heterocycles. The highest BCUT2D eigenvalue weighted by Gasteiger charge is 2.20. The van der Waals surface area contributed by atoms with Crippen molar-refractivity contribution in [2.75, 3.05) is 18.9 Å². The van der Waals surface area contributed by atoms with Gasteiger partial charge in [-0.2, -0.15) is 0 Å². The molecular formula is C26H32N4O4S2. The van der Waals surface area contributed by atoms with Crippen LogP contribution in [0.5, 0.6) is 0 Å². The van der Waals surface area contributed by atoms with E-state index in [0.717, 1.165) is 55.2 Å². The van der Waals surface area contributed by atoms with Crippen molar-refractivity contribution in [3.8, 4) is 0 Å². The Morgan fingerprint density at radius 2 is 1.97 bits per heavy atom. The molecule has 1 atom stereocenters. The molecule has 1 aliphatic carbocycles. The highest BCUT2D eigenvalue weighted by atomic mass is 32.2. The maximum absolute atomic E-state index is 13.5. The van der Waals surface area contributed by atoms with Crippen molar-refractivity contribution in [3.63, 3.8) is 0 Å². The van der Waals surface area contributed by atoms with Gasteiger partial charge in [-0.3, -0.25) is 19.0 Å². The van der Waals surface area contributed by atoms with E-state index in [-0.39, 0.29) is 35.3 Å². The highest BCUT2D eigenvalue weighted by Crippen LogP contribution is 2.32. The number of hydrogen-bond acceptors (Lipinski definition) is 7. The number of carbonyl (C=O) groups is 2. The Morgan fingerprint density at radius 3 is 2.78 bits per heavy atom. The summed E-state index contributed by atoms with van der Waals surface area (Å²) in [4.78, 5) is 43.3. The van der Waals surface area contributed by atoms with Crippen LogP contribution in [0, 0.1) is 0 Å². The van der Waals surface area contributed by atoms with Crippen LogP contribution in [0.3, 0.4) is 0 Å². The number of aromatic nitrogens is 2. The van der Waals surface area contributed by atoms with Crippen molar-refractivity contribution in [1.29, 1.82) is 0 Å². The maximum atomic E-state index is 13.5. The fraction of sp³-hybridized carbons (Fsp3) is 0.538. The quantitative estimate of drug-likeness (QED) is 0.306. The number of fused-ring (bicyclic) bond motifs is 3. The average Bonchev–Trinajstić information content (AvgIpc) is 3.65. The second-order valence-electron chi connectivity index (χ2n) is 9.51. The lowest BCUT2D eigenvalue weighted by molar-refractivity contribution is -0.122. The predicted molar refractivity (Wildman–Crippen MR) is 144 cm³/mol. The molecule has 1 saturated heterocycles. The standard InChI is InChI=1S/C26H32N4O4S2/c31-21(27-15-18-9-6-14-34-18)12-5-13-30-25(33)24-23(19-10-3-4-11-20(19)36-24)29-26(30)35-16-22(32)28-17-7-1-2-8-17/h3-4,10-11,17-18H,1-2,5-9,12-16H2,(H,27,31)(H,28,32)/t18-/m0/s1. The number of hydrogen-bond donors (Lipinski definition) is 2. The molecule has 0 unspecified atom stereocenters. The minimum atomic E-state index is -0.111. The first-order valence-corrected chi connectivity index (χ1v) is 14.6. The molecule has 8 nitrogen and oxygen atoms in total. The van der Waals surface area contributed by atoms with E-state index in [1.807, 2.05) is 24.3 Å². The number of rotatable bonds is 10. The van der Waals surface area contributed by atoms with Crippen LogP contribution in [0.1, 0.15) is 51.4 Å². The van der Waals surface area contributed by atoms with Gasteiger partial charge in [0.25, 0.3) is 5.56 Å². The Morgan fingerprint density at radius 1 is 1.14 bits per heavy atom. The summed E-state index contributed by atoms with van der Waals surface area (Å²) in [6.07, 6.45) is 7.32. The summed E-state index contributed by atoms with van der Waals surface area (Å²) in [7, 11) is 0. The molecule has 5 rings (SSSR count). The van der Waals surface area contributed by atoms with Crippen molar-refractivity contribution in [2.45, 2.75) is 75.2 Å². The van der Waals surface area contributed by atoms with Crippen LogP contribution >= 0.6 is 23.1 Å². The van der Waals surface area contributed by atoms with Gasteiger partial charge in [0.1, 0.15) is 4.70 Å². The van der Waals surface area contributed by atoms with Gasteiger partial charge >= 0.3 is 0 Å². The summed E-state index contributed by atoms with van der Waals surface area (Å²) in [6.45, 7) is 1.66. The first kappa shape index (κ1) is 25.2. The van der Waals surface area contributed by atoms with Gasteiger partial charge in [0, 0.05) is 42.2 Å². The number of thiophene rings is 1. The van der Waals surface area contributed by atoms with E-state index >= 15 is 0 Å². The van der Waals surface area contributed by atoms with E-state index < -0.39 is 0 Å². The number of thioether (sulfide) groups is 1. The number of amides is 2. The molecule has 2 aromatic heterocycles. The van der Waals surface area contributed by atoms with Gasteiger partial charge in [0.05, 0.1) is 17.4 Å². The number of carbonyl (C=O) groups excluding carboxylic acids is 2. The number of benzene rings is 1. The van der Waals surface area contributed by atoms with Crippen LogP contribution < -0.4 is 16.2 Å². The summed E-state index contributed by atoms with van der Waals surface area (Å²) in [5.74, 6) is 0.134. The Labute approximate surface area is 218 Å². The van der Waals surface area contributed by atoms with Crippen LogP contribution in [0.4, 0.5) is 0 Å². The zero-order valence-electron chi connectivity index (χ0n) is 20.3.